The molecule has 1 unspecified atom stereocenters. The average molecular weight is 414 g/mol. The Bertz CT molecular complexity index is 1150. The lowest BCUT2D eigenvalue weighted by molar-refractivity contribution is 0.262. The summed E-state index contributed by atoms with van der Waals surface area (Å²) in [6, 6.07) is 16.5. The summed E-state index contributed by atoms with van der Waals surface area (Å²) >= 11 is 0. The Kier molecular flexibility index (Phi) is 5.19. The van der Waals surface area contributed by atoms with Crippen LogP contribution in [0.2, 0.25) is 0 Å². The quantitative estimate of drug-likeness (QED) is 0.384. The Balaban J connectivity index is 1.28. The first kappa shape index (κ1) is 19.4. The van der Waals surface area contributed by atoms with Crippen LogP contribution in [0, 0.1) is 0 Å². The standard InChI is InChI=1S/C24H27N7/c25-24(28-13-10-23(30-24)26-11-4-14-31-15-5-12-29-31)19-7-3-6-18(16-19)21-17-27-22-9-2-1-8-20(21)22/h1-3,5-10,12-13,16-17,26-27,29-30H,4,11,14-15,25H2. The largest absolute Gasteiger partial charge is 0.372 e. The molecule has 2 aliphatic heterocycles. The minimum absolute atomic E-state index is 0.844. The molecule has 2 aliphatic rings. The molecule has 0 amide bonds. The topological polar surface area (TPSA) is 93.5 Å². The van der Waals surface area contributed by atoms with E-state index in [1.165, 1.54) is 5.39 Å². The van der Waals surface area contributed by atoms with Gasteiger partial charge in [0.15, 0.2) is 0 Å². The second-order valence-electron chi connectivity index (χ2n) is 7.84. The normalized spacial score (nSPS) is 20.5. The average Bonchev–Trinajstić information content (AvgIpc) is 3.47. The van der Waals surface area contributed by atoms with Crippen molar-refractivity contribution in [3.8, 4) is 11.1 Å². The highest BCUT2D eigenvalue weighted by molar-refractivity contribution is 5.95. The zero-order valence-electron chi connectivity index (χ0n) is 17.3. The van der Waals surface area contributed by atoms with Gasteiger partial charge in [0.1, 0.15) is 5.82 Å². The lowest BCUT2D eigenvalue weighted by atomic mass is 9.99. The fourth-order valence-corrected chi connectivity index (χ4v) is 4.03. The van der Waals surface area contributed by atoms with E-state index in [0.717, 1.165) is 54.1 Å². The number of rotatable bonds is 7. The third-order valence-electron chi connectivity index (χ3n) is 5.67. The number of fused-ring (bicyclic) bond motifs is 1. The molecule has 31 heavy (non-hydrogen) atoms. The van der Waals surface area contributed by atoms with E-state index in [1.54, 1.807) is 6.21 Å². The van der Waals surface area contributed by atoms with Gasteiger partial charge in [0.05, 0.1) is 0 Å². The van der Waals surface area contributed by atoms with Crippen LogP contribution >= 0.6 is 0 Å². The van der Waals surface area contributed by atoms with Crippen molar-refractivity contribution in [1.82, 2.24) is 26.1 Å². The molecule has 3 heterocycles. The summed E-state index contributed by atoms with van der Waals surface area (Å²) in [6.07, 6.45) is 10.8. The summed E-state index contributed by atoms with van der Waals surface area (Å²) in [4.78, 5) is 7.89. The van der Waals surface area contributed by atoms with Crippen molar-refractivity contribution >= 4 is 17.1 Å². The molecule has 6 N–H and O–H groups in total. The van der Waals surface area contributed by atoms with Crippen molar-refractivity contribution in [3.05, 3.63) is 84.5 Å². The molecule has 0 aliphatic carbocycles. The predicted molar refractivity (Wildman–Crippen MR) is 126 cm³/mol. The first-order valence-electron chi connectivity index (χ1n) is 10.6. The van der Waals surface area contributed by atoms with Crippen LogP contribution in [-0.2, 0) is 5.79 Å². The van der Waals surface area contributed by atoms with E-state index in [0.29, 0.717) is 0 Å². The number of allylic oxidation sites excluding steroid dienone is 1. The number of aliphatic imine (C=N–C) groups is 1. The number of aromatic nitrogens is 1. The number of H-pyrrole nitrogens is 1. The summed E-state index contributed by atoms with van der Waals surface area (Å²) in [6.45, 7) is 2.77. The Morgan fingerprint density at radius 3 is 3.00 bits per heavy atom. The molecule has 1 aromatic heterocycles. The molecule has 3 aromatic rings. The zero-order valence-corrected chi connectivity index (χ0v) is 17.3. The van der Waals surface area contributed by atoms with Crippen molar-refractivity contribution in [3.63, 3.8) is 0 Å². The van der Waals surface area contributed by atoms with Gasteiger partial charge in [-0.1, -0.05) is 42.5 Å². The molecule has 7 nitrogen and oxygen atoms in total. The molecule has 0 saturated carbocycles. The fraction of sp³-hybridized carbons (Fsp3) is 0.208. The number of hydrogen-bond donors (Lipinski definition) is 5. The third kappa shape index (κ3) is 4.05. The van der Waals surface area contributed by atoms with Gasteiger partial charge in [0, 0.05) is 60.3 Å². The zero-order chi connectivity index (χ0) is 21.1. The highest BCUT2D eigenvalue weighted by Gasteiger charge is 2.29. The Labute approximate surface area is 181 Å². The van der Waals surface area contributed by atoms with Gasteiger partial charge in [0.2, 0.25) is 5.79 Å². The molecular weight excluding hydrogens is 386 g/mol. The number of benzene rings is 2. The number of nitrogens with zero attached hydrogens (tertiary/aromatic N) is 2. The second-order valence-corrected chi connectivity index (χ2v) is 7.84. The van der Waals surface area contributed by atoms with Crippen molar-refractivity contribution in [1.29, 1.82) is 0 Å². The molecule has 0 bridgehead atoms. The van der Waals surface area contributed by atoms with Gasteiger partial charge in [-0.05, 0) is 30.2 Å². The molecule has 0 saturated heterocycles. The Morgan fingerprint density at radius 1 is 1.16 bits per heavy atom. The Hall–Kier alpha value is -3.55. The third-order valence-corrected chi connectivity index (χ3v) is 5.67. The van der Waals surface area contributed by atoms with Gasteiger partial charge in [-0.3, -0.25) is 5.73 Å². The van der Waals surface area contributed by atoms with E-state index >= 15 is 0 Å². The van der Waals surface area contributed by atoms with Crippen molar-refractivity contribution in [2.75, 3.05) is 19.6 Å². The van der Waals surface area contributed by atoms with E-state index < -0.39 is 5.79 Å². The van der Waals surface area contributed by atoms with Crippen molar-refractivity contribution < 1.29 is 0 Å². The number of aromatic amines is 1. The number of nitrogens with two attached hydrogens (primary N) is 1. The van der Waals surface area contributed by atoms with Crippen LogP contribution in [0.5, 0.6) is 0 Å². The molecule has 2 aromatic carbocycles. The maximum Gasteiger partial charge on any atom is 0.210 e. The van der Waals surface area contributed by atoms with Crippen molar-refractivity contribution in [2.24, 2.45) is 10.7 Å². The minimum Gasteiger partial charge on any atom is -0.372 e. The molecule has 158 valence electrons. The number of para-hydroxylation sites is 1. The van der Waals surface area contributed by atoms with Gasteiger partial charge in [-0.2, -0.15) is 0 Å². The second kappa shape index (κ2) is 8.29. The maximum atomic E-state index is 6.69. The van der Waals surface area contributed by atoms with Crippen LogP contribution in [0.15, 0.2) is 83.9 Å². The van der Waals surface area contributed by atoms with E-state index in [-0.39, 0.29) is 0 Å². The molecule has 0 fully saturated rings. The minimum atomic E-state index is -1.01. The smallest absolute Gasteiger partial charge is 0.210 e. The first-order chi connectivity index (χ1) is 15.2. The van der Waals surface area contributed by atoms with Crippen LogP contribution in [0.4, 0.5) is 0 Å². The van der Waals surface area contributed by atoms with Crippen molar-refractivity contribution in [2.45, 2.75) is 12.2 Å². The molecule has 7 heteroatoms. The number of nitrogens with one attached hydrogen (secondary N) is 4. The summed E-state index contributed by atoms with van der Waals surface area (Å²) < 4.78 is 0. The molecule has 0 spiro atoms. The summed E-state index contributed by atoms with van der Waals surface area (Å²) in [5.74, 6) is -0.137. The highest BCUT2D eigenvalue weighted by Crippen LogP contribution is 2.31. The summed E-state index contributed by atoms with van der Waals surface area (Å²) in [7, 11) is 0. The lowest BCUT2D eigenvalue weighted by Crippen LogP contribution is -2.52. The molecule has 0 radical (unpaired) electrons. The highest BCUT2D eigenvalue weighted by atomic mass is 15.5. The van der Waals surface area contributed by atoms with Gasteiger partial charge in [0.25, 0.3) is 0 Å². The van der Waals surface area contributed by atoms with Crippen LogP contribution in [0.3, 0.4) is 0 Å². The van der Waals surface area contributed by atoms with Crippen LogP contribution < -0.4 is 21.8 Å². The van der Waals surface area contributed by atoms with Gasteiger partial charge < -0.3 is 21.0 Å². The van der Waals surface area contributed by atoms with E-state index in [9.17, 15) is 0 Å². The predicted octanol–water partition coefficient (Wildman–Crippen LogP) is 2.73. The van der Waals surface area contributed by atoms with Gasteiger partial charge >= 0.3 is 0 Å². The Morgan fingerprint density at radius 2 is 2.10 bits per heavy atom. The fourth-order valence-electron chi connectivity index (χ4n) is 4.03. The molecule has 1 atom stereocenters. The van der Waals surface area contributed by atoms with E-state index in [2.05, 4.69) is 67.5 Å². The SMILES string of the molecule is NC1(c2cccc(-c3c[nH]c4ccccc34)c2)N=CC=C(NCCCN2CC=CN2)N1. The lowest BCUT2D eigenvalue weighted by Gasteiger charge is -2.32. The number of hydrazine groups is 1. The molecule has 5 rings (SSSR count). The van der Waals surface area contributed by atoms with Crippen LogP contribution in [0.1, 0.15) is 12.0 Å². The van der Waals surface area contributed by atoms with Gasteiger partial charge in [-0.15, -0.1) is 0 Å². The first-order valence-corrected chi connectivity index (χ1v) is 10.6. The monoisotopic (exact) mass is 413 g/mol. The van der Waals surface area contributed by atoms with E-state index in [4.69, 9.17) is 5.73 Å². The molecular formula is C24H27N7. The summed E-state index contributed by atoms with van der Waals surface area (Å²) in [5.41, 5.74) is 14.2. The maximum absolute atomic E-state index is 6.69. The van der Waals surface area contributed by atoms with Crippen LogP contribution in [-0.4, -0.2) is 35.8 Å². The summed E-state index contributed by atoms with van der Waals surface area (Å²) in [5, 5.41) is 10.2. The van der Waals surface area contributed by atoms with Crippen LogP contribution in [0.25, 0.3) is 22.0 Å². The van der Waals surface area contributed by atoms with E-state index in [1.807, 2.05) is 36.7 Å². The number of hydrogen-bond acceptors (Lipinski definition) is 6. The van der Waals surface area contributed by atoms with Gasteiger partial charge in [-0.25, -0.2) is 10.0 Å².